The van der Waals surface area contributed by atoms with Crippen molar-refractivity contribution in [3.05, 3.63) is 40.5 Å². The van der Waals surface area contributed by atoms with Gasteiger partial charge in [0.25, 0.3) is 5.91 Å². The summed E-state index contributed by atoms with van der Waals surface area (Å²) in [6.07, 6.45) is -6.25. The first-order valence-corrected chi connectivity index (χ1v) is 12.4. The number of hydrogen-bond acceptors (Lipinski definition) is 8. The van der Waals surface area contributed by atoms with Crippen molar-refractivity contribution < 1.29 is 55.7 Å². The number of hydrogen-bond donors (Lipinski definition) is 2. The number of ether oxygens (including phenoxy) is 1. The van der Waals surface area contributed by atoms with Crippen LogP contribution in [-0.2, 0) is 9.59 Å². The molecule has 40 heavy (non-hydrogen) atoms. The van der Waals surface area contributed by atoms with Gasteiger partial charge in [-0.25, -0.2) is 19.6 Å². The van der Waals surface area contributed by atoms with Gasteiger partial charge >= 0.3 is 24.3 Å². The van der Waals surface area contributed by atoms with Gasteiger partial charge in [-0.1, -0.05) is 6.07 Å². The van der Waals surface area contributed by atoms with Crippen LogP contribution in [0.5, 0.6) is 5.88 Å². The molecule has 2 fully saturated rings. The van der Waals surface area contributed by atoms with Crippen LogP contribution in [0.1, 0.15) is 28.3 Å². The molecule has 4 heterocycles. The van der Waals surface area contributed by atoms with Gasteiger partial charge < -0.3 is 19.8 Å². The van der Waals surface area contributed by atoms with Crippen molar-refractivity contribution in [2.75, 3.05) is 33.3 Å². The number of alkyl halides is 6. The summed E-state index contributed by atoms with van der Waals surface area (Å²) in [5.74, 6) is -4.28. The number of likely N-dealkylation sites (tertiary alicyclic amines) is 2. The fraction of sp³-hybridized carbons (Fsp3) is 0.522. The van der Waals surface area contributed by atoms with Gasteiger partial charge in [0.1, 0.15) is 5.69 Å². The van der Waals surface area contributed by atoms with Crippen LogP contribution in [0.2, 0.25) is 0 Å². The minimum absolute atomic E-state index is 0.0558. The van der Waals surface area contributed by atoms with Crippen LogP contribution < -0.4 is 4.74 Å². The lowest BCUT2D eigenvalue weighted by Gasteiger charge is -2.58. The van der Waals surface area contributed by atoms with E-state index in [-0.39, 0.29) is 11.4 Å². The van der Waals surface area contributed by atoms with Crippen molar-refractivity contribution in [3.63, 3.8) is 0 Å². The molecule has 2 N–H and O–H groups in total. The van der Waals surface area contributed by atoms with E-state index in [0.29, 0.717) is 24.1 Å². The second-order valence-corrected chi connectivity index (χ2v) is 10.1. The van der Waals surface area contributed by atoms with Gasteiger partial charge in [0, 0.05) is 30.7 Å². The average Bonchev–Trinajstić information content (AvgIpc) is 3.28. The molecule has 2 aromatic rings. The van der Waals surface area contributed by atoms with Gasteiger partial charge in [-0.3, -0.25) is 9.69 Å². The molecular weight excluding hydrogens is 574 g/mol. The fourth-order valence-corrected chi connectivity index (χ4v) is 4.58. The zero-order chi connectivity index (χ0) is 30.3. The molecule has 1 atom stereocenters. The number of likely N-dealkylation sites (N-methyl/N-ethyl adjacent to an activating group) is 1. The third-order valence-electron chi connectivity index (χ3n) is 6.04. The molecule has 0 bridgehead atoms. The zero-order valence-electron chi connectivity index (χ0n) is 21.2. The van der Waals surface area contributed by atoms with Crippen molar-refractivity contribution in [1.29, 1.82) is 0 Å². The molecule has 0 aromatic carbocycles. The maximum Gasteiger partial charge on any atom is 0.490 e. The Balaban J connectivity index is 0.000000333. The van der Waals surface area contributed by atoms with Gasteiger partial charge in [0.05, 0.1) is 17.2 Å². The minimum atomic E-state index is -5.08. The average molecular weight is 601 g/mol. The highest BCUT2D eigenvalue weighted by atomic mass is 32.1. The highest BCUT2D eigenvalue weighted by Gasteiger charge is 2.51. The Labute approximate surface area is 228 Å². The largest absolute Gasteiger partial charge is 0.490 e. The second kappa shape index (κ2) is 13.3. The molecule has 2 aromatic heterocycles. The number of aromatic nitrogens is 2. The van der Waals surface area contributed by atoms with Gasteiger partial charge in [0.2, 0.25) is 5.88 Å². The number of pyridine rings is 1. The number of thiazole rings is 1. The van der Waals surface area contributed by atoms with Gasteiger partial charge in [-0.15, -0.1) is 11.3 Å². The Morgan fingerprint density at radius 2 is 1.68 bits per heavy atom. The van der Waals surface area contributed by atoms with E-state index in [9.17, 15) is 31.1 Å². The molecule has 1 amide bonds. The predicted octanol–water partition coefficient (Wildman–Crippen LogP) is 3.73. The summed E-state index contributed by atoms with van der Waals surface area (Å²) in [5.41, 5.74) is 0.660. The zero-order valence-corrected chi connectivity index (χ0v) is 22.0. The molecule has 0 radical (unpaired) electrons. The second-order valence-electron chi connectivity index (χ2n) is 9.00. The molecule has 1 spiro atoms. The quantitative estimate of drug-likeness (QED) is 0.504. The molecule has 4 rings (SSSR count). The summed E-state index contributed by atoms with van der Waals surface area (Å²) >= 11 is 1.53. The maximum atomic E-state index is 12.6. The van der Waals surface area contributed by atoms with Crippen LogP contribution in [0.4, 0.5) is 26.3 Å². The van der Waals surface area contributed by atoms with Gasteiger partial charge in [0.15, 0.2) is 0 Å². The monoisotopic (exact) mass is 600 g/mol. The van der Waals surface area contributed by atoms with E-state index in [1.54, 1.807) is 6.20 Å². The fourth-order valence-electron chi connectivity index (χ4n) is 3.99. The number of carboxylic acids is 2. The summed E-state index contributed by atoms with van der Waals surface area (Å²) in [6.45, 7) is 5.21. The number of halogens is 6. The number of piperidine rings is 1. The lowest BCUT2D eigenvalue weighted by Crippen LogP contribution is -2.72. The van der Waals surface area contributed by atoms with E-state index in [2.05, 4.69) is 21.9 Å². The van der Waals surface area contributed by atoms with Crippen LogP contribution in [0.25, 0.3) is 0 Å². The molecule has 1 unspecified atom stereocenters. The topological polar surface area (TPSA) is 133 Å². The summed E-state index contributed by atoms with van der Waals surface area (Å²) in [7, 11) is 2.17. The molecule has 10 nitrogen and oxygen atoms in total. The third kappa shape index (κ3) is 9.32. The maximum absolute atomic E-state index is 12.6. The van der Waals surface area contributed by atoms with Crippen LogP contribution in [0, 0.1) is 12.8 Å². The van der Waals surface area contributed by atoms with Crippen molar-refractivity contribution >= 4 is 29.2 Å². The number of rotatable bonds is 4. The van der Waals surface area contributed by atoms with Crippen molar-refractivity contribution in [1.82, 2.24) is 19.8 Å². The number of nitrogens with zero attached hydrogens (tertiary/aromatic N) is 4. The lowest BCUT2D eigenvalue weighted by atomic mass is 9.75. The SMILES string of the molecule is Cc1nc(C(=O)N2CC3(CC(COc4ccccn4)CCN3C)C2)cs1.O=C(O)C(F)(F)F.O=C(O)C(F)(F)F. The van der Waals surface area contributed by atoms with E-state index in [1.165, 1.54) is 11.3 Å². The van der Waals surface area contributed by atoms with Crippen molar-refractivity contribution in [2.24, 2.45) is 5.92 Å². The van der Waals surface area contributed by atoms with Crippen molar-refractivity contribution in [2.45, 2.75) is 37.7 Å². The van der Waals surface area contributed by atoms with Gasteiger partial charge in [-0.05, 0) is 45.3 Å². The molecular formula is C23H26F6N4O6S. The van der Waals surface area contributed by atoms with Crippen LogP contribution in [-0.4, -0.2) is 99.0 Å². The van der Waals surface area contributed by atoms with Crippen LogP contribution >= 0.6 is 11.3 Å². The molecule has 0 aliphatic carbocycles. The number of aryl methyl sites for hydroxylation is 1. The Morgan fingerprint density at radius 3 is 2.12 bits per heavy atom. The Bertz CT molecular complexity index is 1130. The predicted molar refractivity (Wildman–Crippen MR) is 128 cm³/mol. The van der Waals surface area contributed by atoms with Gasteiger partial charge in [-0.2, -0.15) is 26.3 Å². The number of carbonyl (C=O) groups is 3. The lowest BCUT2D eigenvalue weighted by molar-refractivity contribution is -0.193. The molecule has 2 aliphatic heterocycles. The Kier molecular flexibility index (Phi) is 10.9. The first kappa shape index (κ1) is 32.7. The van der Waals surface area contributed by atoms with Crippen LogP contribution in [0.15, 0.2) is 29.8 Å². The van der Waals surface area contributed by atoms with E-state index < -0.39 is 24.3 Å². The first-order valence-electron chi connectivity index (χ1n) is 11.5. The highest BCUT2D eigenvalue weighted by Crippen LogP contribution is 2.39. The Hall–Kier alpha value is -3.47. The molecule has 222 valence electrons. The normalized spacial score (nSPS) is 18.4. The van der Waals surface area contributed by atoms with E-state index in [4.69, 9.17) is 24.5 Å². The highest BCUT2D eigenvalue weighted by molar-refractivity contribution is 7.09. The Morgan fingerprint density at radius 1 is 1.10 bits per heavy atom. The summed E-state index contributed by atoms with van der Waals surface area (Å²) in [5, 5.41) is 17.0. The number of aliphatic carboxylic acids is 2. The third-order valence-corrected chi connectivity index (χ3v) is 6.81. The molecule has 17 heteroatoms. The summed E-state index contributed by atoms with van der Waals surface area (Å²) in [4.78, 5) is 43.3. The van der Waals surface area contributed by atoms with Crippen LogP contribution in [0.3, 0.4) is 0 Å². The minimum Gasteiger partial charge on any atom is -0.477 e. The molecule has 2 aliphatic rings. The van der Waals surface area contributed by atoms with E-state index >= 15 is 0 Å². The number of amides is 1. The standard InChI is InChI=1S/C19H24N4O2S.2C2HF3O2/c1-14-21-16(11-26-14)18(24)23-12-19(13-23)9-15(6-8-22(19)2)10-25-17-5-3-4-7-20-17;2*3-2(4,5)1(6)7/h3-5,7,11,15H,6,8-10,12-13H2,1-2H3;2*(H,6,7). The summed E-state index contributed by atoms with van der Waals surface area (Å²) in [6, 6.07) is 5.72. The van der Waals surface area contributed by atoms with E-state index in [1.807, 2.05) is 35.4 Å². The number of carboxylic acid groups (broad SMARTS) is 2. The van der Waals surface area contributed by atoms with Crippen molar-refractivity contribution in [3.8, 4) is 5.88 Å². The first-order chi connectivity index (χ1) is 18.4. The van der Waals surface area contributed by atoms with E-state index in [0.717, 1.165) is 37.5 Å². The molecule has 2 saturated heterocycles. The summed E-state index contributed by atoms with van der Waals surface area (Å²) < 4.78 is 69.3. The smallest absolute Gasteiger partial charge is 0.477 e. The molecule has 0 saturated carbocycles. The number of carbonyl (C=O) groups excluding carboxylic acids is 1.